The molecule has 0 aromatic rings. The van der Waals surface area contributed by atoms with Crippen LogP contribution in [-0.2, 0) is 0 Å². The Bertz CT molecular complexity index is 191. The first kappa shape index (κ1) is 25.7. The van der Waals surface area contributed by atoms with Gasteiger partial charge < -0.3 is 0 Å². The molecule has 0 atom stereocenters. The third-order valence-corrected chi connectivity index (χ3v) is 2.20. The highest BCUT2D eigenvalue weighted by Crippen LogP contribution is 2.23. The van der Waals surface area contributed by atoms with Gasteiger partial charge in [-0.15, -0.1) is 0 Å². The van der Waals surface area contributed by atoms with Crippen molar-refractivity contribution in [2.45, 2.75) is 56.4 Å². The fraction of sp³-hybridized carbons (Fsp3) is 0.556. The van der Waals surface area contributed by atoms with Crippen molar-refractivity contribution in [1.82, 2.24) is 0 Å². The zero-order valence-electron chi connectivity index (χ0n) is 10.5. The van der Waals surface area contributed by atoms with Crippen molar-refractivity contribution in [2.24, 2.45) is 11.8 Å². The third kappa shape index (κ3) is 10.1. The van der Waals surface area contributed by atoms with Crippen molar-refractivity contribution in [1.29, 1.82) is 0 Å². The first-order valence-corrected chi connectivity index (χ1v) is 6.15. The van der Waals surface area contributed by atoms with E-state index in [1.807, 2.05) is 27.7 Å². The Morgan fingerprint density at radius 3 is 1.00 bits per heavy atom. The van der Waals surface area contributed by atoms with Crippen molar-refractivity contribution < 1.29 is 0 Å². The average molecular weight is 252 g/mol. The molecule has 0 aliphatic heterocycles. The Morgan fingerprint density at radius 2 is 0.778 bits per heavy atom. The van der Waals surface area contributed by atoms with Gasteiger partial charge in [0.2, 0.25) is 0 Å². The summed E-state index contributed by atoms with van der Waals surface area (Å²) in [4.78, 5) is 0. The molecule has 0 aromatic carbocycles. The van der Waals surface area contributed by atoms with E-state index in [-0.39, 0.29) is 22.3 Å². The highest BCUT2D eigenvalue weighted by atomic mass is 14.1. The van der Waals surface area contributed by atoms with Crippen LogP contribution in [0.2, 0.25) is 0 Å². The summed E-state index contributed by atoms with van der Waals surface area (Å²) in [7, 11) is 0. The molecule has 0 nitrogen and oxygen atoms in total. The molecule has 2 aliphatic rings. The normalized spacial score (nSPS) is 14.4. The van der Waals surface area contributed by atoms with Gasteiger partial charge in [0.15, 0.2) is 0 Å². The van der Waals surface area contributed by atoms with Crippen molar-refractivity contribution in [3.63, 3.8) is 0 Å². The molecule has 0 unspecified atom stereocenters. The van der Waals surface area contributed by atoms with Crippen LogP contribution >= 0.6 is 0 Å². The molecule has 0 saturated heterocycles. The summed E-state index contributed by atoms with van der Waals surface area (Å²) >= 11 is 0. The number of hydrogen-bond donors (Lipinski definition) is 0. The van der Waals surface area contributed by atoms with E-state index in [2.05, 4.69) is 48.6 Å². The molecule has 0 heteroatoms. The van der Waals surface area contributed by atoms with Crippen LogP contribution in [0.25, 0.3) is 0 Å². The second-order valence-electron chi connectivity index (χ2n) is 3.10. The van der Waals surface area contributed by atoms with Gasteiger partial charge in [-0.05, 0) is 18.3 Å². The summed E-state index contributed by atoms with van der Waals surface area (Å²) in [5.74, 6) is 1.35. The summed E-state index contributed by atoms with van der Waals surface area (Å²) in [6, 6.07) is 0. The lowest BCUT2D eigenvalue weighted by Gasteiger charge is -2.07. The van der Waals surface area contributed by atoms with E-state index in [1.165, 1.54) is 6.42 Å². The Balaban J connectivity index is -0.000000129. The van der Waals surface area contributed by atoms with Gasteiger partial charge in [0.05, 0.1) is 0 Å². The summed E-state index contributed by atoms with van der Waals surface area (Å²) in [5.41, 5.74) is 0. The largest absolute Gasteiger partial charge is 0.0776 e. The van der Waals surface area contributed by atoms with Gasteiger partial charge in [-0.2, -0.15) is 0 Å². The standard InChI is InChI=1S/C11H12.2C2H6.3CH4/c1-2-6-10(5-1)9-11-7-3-4-8-11;2*1-2;;;/h1-8,10-11H,9H2;2*1-2H3;3*1H4. The second-order valence-corrected chi connectivity index (χ2v) is 3.10. The molecule has 0 bridgehead atoms. The second kappa shape index (κ2) is 18.3. The highest BCUT2D eigenvalue weighted by molar-refractivity contribution is 5.22. The molecule has 0 fully saturated rings. The number of allylic oxidation sites excluding steroid dienone is 8. The van der Waals surface area contributed by atoms with Crippen LogP contribution in [0.15, 0.2) is 48.6 Å². The fourth-order valence-corrected chi connectivity index (χ4v) is 1.58. The maximum Gasteiger partial charge on any atom is -0.00387 e. The minimum atomic E-state index is 0. The van der Waals surface area contributed by atoms with E-state index < -0.39 is 0 Å². The summed E-state index contributed by atoms with van der Waals surface area (Å²) in [6.07, 6.45) is 18.8. The molecule has 0 aromatic heterocycles. The lowest BCUT2D eigenvalue weighted by atomic mass is 9.97. The summed E-state index contributed by atoms with van der Waals surface area (Å²) in [6.45, 7) is 8.00. The number of hydrogen-bond acceptors (Lipinski definition) is 0. The number of rotatable bonds is 2. The zero-order chi connectivity index (χ0) is 11.5. The lowest BCUT2D eigenvalue weighted by Crippen LogP contribution is -1.97. The summed E-state index contributed by atoms with van der Waals surface area (Å²) < 4.78 is 0. The molecule has 108 valence electrons. The van der Waals surface area contributed by atoms with Gasteiger partial charge in [-0.3, -0.25) is 0 Å². The predicted octanol–water partition coefficient (Wildman–Crippen LogP) is 6.82. The van der Waals surface area contributed by atoms with E-state index in [1.54, 1.807) is 0 Å². The molecule has 0 amide bonds. The van der Waals surface area contributed by atoms with E-state index >= 15 is 0 Å². The van der Waals surface area contributed by atoms with Crippen molar-refractivity contribution in [2.75, 3.05) is 0 Å². The molecule has 0 spiro atoms. The van der Waals surface area contributed by atoms with Gasteiger partial charge in [0.1, 0.15) is 0 Å². The van der Waals surface area contributed by atoms with Crippen LogP contribution in [-0.4, -0.2) is 0 Å². The van der Waals surface area contributed by atoms with Crippen LogP contribution in [0.1, 0.15) is 56.4 Å². The molecule has 18 heavy (non-hydrogen) atoms. The van der Waals surface area contributed by atoms with E-state index in [0.717, 1.165) is 0 Å². The Kier molecular flexibility index (Phi) is 26.2. The molecule has 0 heterocycles. The topological polar surface area (TPSA) is 0 Å². The first-order chi connectivity index (χ1) is 7.45. The van der Waals surface area contributed by atoms with Crippen LogP contribution in [0.5, 0.6) is 0 Å². The lowest BCUT2D eigenvalue weighted by molar-refractivity contribution is 0.636. The predicted molar refractivity (Wildman–Crippen MR) is 91.0 cm³/mol. The minimum Gasteiger partial charge on any atom is -0.0776 e. The zero-order valence-corrected chi connectivity index (χ0v) is 10.5. The van der Waals surface area contributed by atoms with Crippen molar-refractivity contribution in [3.8, 4) is 0 Å². The summed E-state index contributed by atoms with van der Waals surface area (Å²) in [5, 5.41) is 0. The molecule has 0 N–H and O–H groups in total. The molecule has 2 aliphatic carbocycles. The monoisotopic (exact) mass is 252 g/mol. The SMILES string of the molecule is C.C.C.C1=CC(CC2C=CC=C2)C=C1.CC.CC. The van der Waals surface area contributed by atoms with Crippen molar-refractivity contribution >= 4 is 0 Å². The van der Waals surface area contributed by atoms with E-state index in [4.69, 9.17) is 0 Å². The maximum absolute atomic E-state index is 2.26. The minimum absolute atomic E-state index is 0. The molecule has 0 radical (unpaired) electrons. The molecular weight excluding hydrogens is 216 g/mol. The van der Waals surface area contributed by atoms with Crippen molar-refractivity contribution in [3.05, 3.63) is 48.6 Å². The van der Waals surface area contributed by atoms with Crippen LogP contribution in [0, 0.1) is 11.8 Å². The maximum atomic E-state index is 2.26. The Labute approximate surface area is 117 Å². The first-order valence-electron chi connectivity index (χ1n) is 6.15. The smallest absolute Gasteiger partial charge is 0.00387 e. The molecular formula is C18H36. The van der Waals surface area contributed by atoms with Gasteiger partial charge in [-0.1, -0.05) is 98.6 Å². The quantitative estimate of drug-likeness (QED) is 0.505. The van der Waals surface area contributed by atoms with Crippen LogP contribution < -0.4 is 0 Å². The highest BCUT2D eigenvalue weighted by Gasteiger charge is 2.10. The fourth-order valence-electron chi connectivity index (χ4n) is 1.58. The van der Waals surface area contributed by atoms with E-state index in [9.17, 15) is 0 Å². The van der Waals surface area contributed by atoms with Crippen LogP contribution in [0.3, 0.4) is 0 Å². The van der Waals surface area contributed by atoms with E-state index in [0.29, 0.717) is 11.8 Å². The molecule has 2 rings (SSSR count). The van der Waals surface area contributed by atoms with Crippen LogP contribution in [0.4, 0.5) is 0 Å². The van der Waals surface area contributed by atoms with Gasteiger partial charge in [0.25, 0.3) is 0 Å². The Morgan fingerprint density at radius 1 is 0.556 bits per heavy atom. The van der Waals surface area contributed by atoms with Gasteiger partial charge in [0, 0.05) is 0 Å². The average Bonchev–Trinajstić information content (AvgIpc) is 2.98. The molecule has 0 saturated carbocycles. The van der Waals surface area contributed by atoms with Gasteiger partial charge >= 0.3 is 0 Å². The van der Waals surface area contributed by atoms with Gasteiger partial charge in [-0.25, -0.2) is 0 Å². The third-order valence-electron chi connectivity index (χ3n) is 2.20. The Hall–Kier alpha value is -1.04.